The molecule has 150 valence electrons. The summed E-state index contributed by atoms with van der Waals surface area (Å²) >= 11 is 3.02. The second-order valence-corrected chi connectivity index (χ2v) is 9.32. The van der Waals surface area contributed by atoms with Gasteiger partial charge in [0, 0.05) is 24.4 Å². The summed E-state index contributed by atoms with van der Waals surface area (Å²) in [6.45, 7) is 4.72. The number of nitrogens with zero attached hydrogens (tertiary/aromatic N) is 3. The molecule has 0 bridgehead atoms. The lowest BCUT2D eigenvalue weighted by Crippen LogP contribution is -2.28. The molecule has 2 amide bonds. The van der Waals surface area contributed by atoms with E-state index in [0.29, 0.717) is 17.6 Å². The van der Waals surface area contributed by atoms with Crippen LogP contribution in [0.15, 0.2) is 28.6 Å². The highest BCUT2D eigenvalue weighted by atomic mass is 32.2. The van der Waals surface area contributed by atoms with Gasteiger partial charge < -0.3 is 15.0 Å². The average Bonchev–Trinajstić information content (AvgIpc) is 3.28. The number of nitrogens with one attached hydrogen (secondary N) is 1. The van der Waals surface area contributed by atoms with E-state index in [1.165, 1.54) is 11.3 Å². The first-order valence-corrected chi connectivity index (χ1v) is 11.0. The van der Waals surface area contributed by atoms with E-state index in [2.05, 4.69) is 29.4 Å². The fraction of sp³-hybridized carbons (Fsp3) is 0.474. The Morgan fingerprint density at radius 2 is 2.11 bits per heavy atom. The van der Waals surface area contributed by atoms with E-state index in [0.717, 1.165) is 28.0 Å². The maximum atomic E-state index is 12.6. The highest BCUT2D eigenvalue weighted by Crippen LogP contribution is 2.30. The van der Waals surface area contributed by atoms with Crippen molar-refractivity contribution in [3.8, 4) is 5.75 Å². The summed E-state index contributed by atoms with van der Waals surface area (Å²) < 4.78 is 5.99. The van der Waals surface area contributed by atoms with Crippen molar-refractivity contribution in [2.45, 2.75) is 31.0 Å². The number of amides is 2. The Kier molecular flexibility index (Phi) is 6.90. The molecule has 28 heavy (non-hydrogen) atoms. The van der Waals surface area contributed by atoms with Gasteiger partial charge in [0.15, 0.2) is 4.34 Å². The van der Waals surface area contributed by atoms with Gasteiger partial charge in [0.1, 0.15) is 5.75 Å². The smallest absolute Gasteiger partial charge is 0.231 e. The molecule has 0 unspecified atom stereocenters. The highest BCUT2D eigenvalue weighted by Gasteiger charge is 2.35. The zero-order chi connectivity index (χ0) is 20.1. The number of hydrogen-bond donors (Lipinski definition) is 1. The third-order valence-corrected chi connectivity index (χ3v) is 6.44. The van der Waals surface area contributed by atoms with E-state index >= 15 is 0 Å². The van der Waals surface area contributed by atoms with Crippen LogP contribution in [0.4, 0.5) is 10.8 Å². The van der Waals surface area contributed by atoms with Crippen LogP contribution in [-0.4, -0.2) is 41.4 Å². The average molecular weight is 421 g/mol. The van der Waals surface area contributed by atoms with Crippen molar-refractivity contribution in [3.63, 3.8) is 0 Å². The molecule has 3 rings (SSSR count). The number of carbonyl (C=O) groups is 2. The zero-order valence-electron chi connectivity index (χ0n) is 16.2. The maximum absolute atomic E-state index is 12.6. The van der Waals surface area contributed by atoms with Crippen LogP contribution in [-0.2, 0) is 9.59 Å². The van der Waals surface area contributed by atoms with Crippen molar-refractivity contribution in [3.05, 3.63) is 24.3 Å². The van der Waals surface area contributed by atoms with Crippen molar-refractivity contribution >= 4 is 45.7 Å². The molecule has 1 aliphatic heterocycles. The lowest BCUT2D eigenvalue weighted by molar-refractivity contribution is -0.122. The molecule has 0 spiro atoms. The minimum atomic E-state index is -0.407. The first-order valence-electron chi connectivity index (χ1n) is 9.18. The Labute approximate surface area is 172 Å². The van der Waals surface area contributed by atoms with Gasteiger partial charge in [-0.15, -0.1) is 10.2 Å². The number of anilines is 2. The Morgan fingerprint density at radius 1 is 1.36 bits per heavy atom. The summed E-state index contributed by atoms with van der Waals surface area (Å²) in [5.41, 5.74) is 0.765. The number of hydrogen-bond acceptors (Lipinski definition) is 7. The second kappa shape index (κ2) is 9.38. The summed E-state index contributed by atoms with van der Waals surface area (Å²) in [4.78, 5) is 26.6. The summed E-state index contributed by atoms with van der Waals surface area (Å²) in [5, 5.41) is 11.4. The summed E-state index contributed by atoms with van der Waals surface area (Å²) in [5.74, 6) is 1.69. The number of benzene rings is 1. The quantitative estimate of drug-likeness (QED) is 0.518. The van der Waals surface area contributed by atoms with E-state index in [9.17, 15) is 9.59 Å². The van der Waals surface area contributed by atoms with Crippen LogP contribution in [0.3, 0.4) is 0 Å². The Hall–Kier alpha value is -2.13. The number of carbonyl (C=O) groups excluding carboxylic acids is 2. The minimum absolute atomic E-state index is 0.0625. The largest absolute Gasteiger partial charge is 0.497 e. The third-order valence-electron chi connectivity index (χ3n) is 4.44. The number of aromatic nitrogens is 2. The Balaban J connectivity index is 1.55. The molecule has 7 nitrogen and oxygen atoms in total. The van der Waals surface area contributed by atoms with E-state index < -0.39 is 5.92 Å². The van der Waals surface area contributed by atoms with E-state index in [-0.39, 0.29) is 18.2 Å². The second-order valence-electron chi connectivity index (χ2n) is 7.00. The molecule has 1 atom stereocenters. The van der Waals surface area contributed by atoms with Crippen molar-refractivity contribution in [2.75, 3.05) is 29.6 Å². The molecule has 2 aromatic rings. The predicted molar refractivity (Wildman–Crippen MR) is 112 cm³/mol. The lowest BCUT2D eigenvalue weighted by Gasteiger charge is -2.16. The van der Waals surface area contributed by atoms with Crippen LogP contribution < -0.4 is 15.0 Å². The molecule has 1 aromatic carbocycles. The fourth-order valence-electron chi connectivity index (χ4n) is 2.80. The van der Waals surface area contributed by atoms with Gasteiger partial charge in [0.2, 0.25) is 16.9 Å². The van der Waals surface area contributed by atoms with Crippen LogP contribution in [0.1, 0.15) is 26.7 Å². The van der Waals surface area contributed by atoms with E-state index in [1.807, 2.05) is 12.1 Å². The number of thioether (sulfide) groups is 1. The van der Waals surface area contributed by atoms with Gasteiger partial charge in [0.25, 0.3) is 0 Å². The van der Waals surface area contributed by atoms with Gasteiger partial charge in [-0.05, 0) is 36.6 Å². The molecule has 1 fully saturated rings. The molecular weight excluding hydrogens is 396 g/mol. The Bertz CT molecular complexity index is 823. The molecule has 1 aromatic heterocycles. The van der Waals surface area contributed by atoms with Crippen molar-refractivity contribution < 1.29 is 14.3 Å². The first kappa shape index (κ1) is 20.6. The van der Waals surface area contributed by atoms with Crippen LogP contribution in [0.2, 0.25) is 0 Å². The topological polar surface area (TPSA) is 84.4 Å². The summed E-state index contributed by atoms with van der Waals surface area (Å²) in [6.07, 6.45) is 1.30. The van der Waals surface area contributed by atoms with Crippen LogP contribution >= 0.6 is 23.1 Å². The van der Waals surface area contributed by atoms with Crippen LogP contribution in [0.5, 0.6) is 5.75 Å². The standard InChI is InChI=1S/C19H24N4O3S2/c1-12(2)8-9-27-19-22-21-18(28-19)20-17(25)13-10-16(24)23(11-13)14-4-6-15(26-3)7-5-14/h4-7,12-13H,8-11H2,1-3H3,(H,20,21,25)/t13-/m1/s1. The van der Waals surface area contributed by atoms with Gasteiger partial charge in [0.05, 0.1) is 13.0 Å². The van der Waals surface area contributed by atoms with Gasteiger partial charge in [-0.2, -0.15) is 0 Å². The molecule has 9 heteroatoms. The molecule has 1 saturated heterocycles. The molecule has 2 heterocycles. The monoisotopic (exact) mass is 420 g/mol. The van der Waals surface area contributed by atoms with Crippen molar-refractivity contribution in [1.82, 2.24) is 10.2 Å². The molecule has 0 aliphatic carbocycles. The first-order chi connectivity index (χ1) is 13.5. The maximum Gasteiger partial charge on any atom is 0.231 e. The van der Waals surface area contributed by atoms with Crippen LogP contribution in [0.25, 0.3) is 0 Å². The SMILES string of the molecule is COc1ccc(N2C[C@H](C(=O)Nc3nnc(SCCC(C)C)s3)CC2=O)cc1. The van der Waals surface area contributed by atoms with Gasteiger partial charge in [-0.3, -0.25) is 9.59 Å². The normalized spacial score (nSPS) is 16.6. The minimum Gasteiger partial charge on any atom is -0.497 e. The molecule has 0 radical (unpaired) electrons. The van der Waals surface area contributed by atoms with E-state index in [4.69, 9.17) is 4.74 Å². The lowest BCUT2D eigenvalue weighted by atomic mass is 10.1. The third kappa shape index (κ3) is 5.23. The predicted octanol–water partition coefficient (Wildman–Crippen LogP) is 3.68. The fourth-order valence-corrected chi connectivity index (χ4v) is 4.87. The van der Waals surface area contributed by atoms with Crippen LogP contribution in [0, 0.1) is 11.8 Å². The summed E-state index contributed by atoms with van der Waals surface area (Å²) in [7, 11) is 1.60. The van der Waals surface area contributed by atoms with Gasteiger partial charge >= 0.3 is 0 Å². The molecular formula is C19H24N4O3S2. The van der Waals surface area contributed by atoms with E-state index in [1.54, 1.807) is 35.9 Å². The zero-order valence-corrected chi connectivity index (χ0v) is 17.8. The molecule has 1 N–H and O–H groups in total. The number of ether oxygens (including phenoxy) is 1. The van der Waals surface area contributed by atoms with Crippen molar-refractivity contribution in [1.29, 1.82) is 0 Å². The van der Waals surface area contributed by atoms with Gasteiger partial charge in [-0.25, -0.2) is 0 Å². The highest BCUT2D eigenvalue weighted by molar-refractivity contribution is 8.01. The van der Waals surface area contributed by atoms with Gasteiger partial charge in [-0.1, -0.05) is 36.9 Å². The number of rotatable bonds is 8. The molecule has 1 aliphatic rings. The van der Waals surface area contributed by atoms with Crippen molar-refractivity contribution in [2.24, 2.45) is 11.8 Å². The summed E-state index contributed by atoms with van der Waals surface area (Å²) in [6, 6.07) is 7.25. The Morgan fingerprint density at radius 3 is 2.79 bits per heavy atom. The molecule has 0 saturated carbocycles. The number of methoxy groups -OCH3 is 1.